The fourth-order valence-corrected chi connectivity index (χ4v) is 2.82. The van der Waals surface area contributed by atoms with Gasteiger partial charge in [0, 0.05) is 0 Å². The van der Waals surface area contributed by atoms with E-state index in [-0.39, 0.29) is 0 Å². The lowest BCUT2D eigenvalue weighted by Crippen LogP contribution is -2.17. The molecular weight excluding hydrogens is 294 g/mol. The van der Waals surface area contributed by atoms with Gasteiger partial charge in [0.1, 0.15) is 10.7 Å². The van der Waals surface area contributed by atoms with Crippen LogP contribution in [0.5, 0.6) is 0 Å². The van der Waals surface area contributed by atoms with Gasteiger partial charge in [-0.1, -0.05) is 6.07 Å². The van der Waals surface area contributed by atoms with Crippen LogP contribution < -0.4 is 0 Å². The first kappa shape index (κ1) is 12.0. The van der Waals surface area contributed by atoms with Crippen LogP contribution in [0.3, 0.4) is 0 Å². The van der Waals surface area contributed by atoms with Gasteiger partial charge in [0.05, 0.1) is 11.9 Å². The van der Waals surface area contributed by atoms with Gasteiger partial charge in [0.15, 0.2) is 0 Å². The van der Waals surface area contributed by atoms with E-state index in [1.165, 1.54) is 0 Å². The number of aryl methyl sites for hydroxylation is 1. The Balaban J connectivity index is 2.35. The van der Waals surface area contributed by atoms with E-state index < -0.39 is 16.2 Å². The number of fused-ring (bicyclic) bond motifs is 1. The highest BCUT2D eigenvalue weighted by molar-refractivity contribution is 9.10. The maximum absolute atomic E-state index is 11.1. The number of rotatable bonds is 2. The molecule has 1 heterocycles. The zero-order valence-corrected chi connectivity index (χ0v) is 11.2. The molecule has 1 aromatic rings. The van der Waals surface area contributed by atoms with Crippen molar-refractivity contribution < 1.29 is 12.6 Å². The van der Waals surface area contributed by atoms with Gasteiger partial charge in [0.25, 0.3) is 10.1 Å². The van der Waals surface area contributed by atoms with Crippen LogP contribution in [0.2, 0.25) is 0 Å². The van der Waals surface area contributed by atoms with Crippen LogP contribution in [0.25, 0.3) is 0 Å². The molecule has 88 valence electrons. The van der Waals surface area contributed by atoms with Crippen LogP contribution in [-0.2, 0) is 20.7 Å². The lowest BCUT2D eigenvalue weighted by atomic mass is 9.94. The molecule has 0 fully saturated rings. The molecule has 0 amide bonds. The zero-order valence-electron chi connectivity index (χ0n) is 8.81. The SMILES string of the molecule is CS(=O)(=O)OC1CCCc2ccc(Br)nc21. The molecule has 1 atom stereocenters. The van der Waals surface area contributed by atoms with Crippen LogP contribution in [0, 0.1) is 0 Å². The van der Waals surface area contributed by atoms with Gasteiger partial charge >= 0.3 is 0 Å². The summed E-state index contributed by atoms with van der Waals surface area (Å²) in [5.74, 6) is 0. The second kappa shape index (κ2) is 4.43. The first-order valence-electron chi connectivity index (χ1n) is 4.99. The predicted molar refractivity (Wildman–Crippen MR) is 63.5 cm³/mol. The molecule has 0 N–H and O–H groups in total. The molecule has 0 saturated carbocycles. The van der Waals surface area contributed by atoms with Crippen LogP contribution >= 0.6 is 15.9 Å². The van der Waals surface area contributed by atoms with E-state index in [0.29, 0.717) is 11.0 Å². The maximum atomic E-state index is 11.1. The minimum Gasteiger partial charge on any atom is -0.260 e. The van der Waals surface area contributed by atoms with Gasteiger partial charge in [-0.25, -0.2) is 4.98 Å². The van der Waals surface area contributed by atoms with Crippen molar-refractivity contribution in [3.05, 3.63) is 28.0 Å². The summed E-state index contributed by atoms with van der Waals surface area (Å²) in [5.41, 5.74) is 1.81. The van der Waals surface area contributed by atoms with Crippen molar-refractivity contribution in [2.24, 2.45) is 0 Å². The fourth-order valence-electron chi connectivity index (χ4n) is 1.89. The summed E-state index contributed by atoms with van der Waals surface area (Å²) in [6.07, 6.45) is 3.19. The third-order valence-corrected chi connectivity index (χ3v) is 3.51. The van der Waals surface area contributed by atoms with E-state index in [1.54, 1.807) is 0 Å². The molecule has 2 rings (SSSR count). The number of aromatic nitrogens is 1. The van der Waals surface area contributed by atoms with Crippen molar-refractivity contribution in [3.63, 3.8) is 0 Å². The molecule has 1 aliphatic carbocycles. The third kappa shape index (κ3) is 2.81. The van der Waals surface area contributed by atoms with Gasteiger partial charge in [-0.3, -0.25) is 4.18 Å². The van der Waals surface area contributed by atoms with Gasteiger partial charge in [-0.2, -0.15) is 8.42 Å². The molecule has 0 spiro atoms. The molecule has 1 unspecified atom stereocenters. The Labute approximate surface area is 103 Å². The van der Waals surface area contributed by atoms with E-state index in [2.05, 4.69) is 20.9 Å². The Bertz CT molecular complexity index is 501. The number of hydrogen-bond acceptors (Lipinski definition) is 4. The largest absolute Gasteiger partial charge is 0.265 e. The van der Waals surface area contributed by atoms with Crippen LogP contribution in [0.4, 0.5) is 0 Å². The van der Waals surface area contributed by atoms with Crippen LogP contribution in [0.15, 0.2) is 16.7 Å². The highest BCUT2D eigenvalue weighted by Gasteiger charge is 2.25. The van der Waals surface area contributed by atoms with Gasteiger partial charge in [0.2, 0.25) is 0 Å². The number of nitrogens with zero attached hydrogens (tertiary/aromatic N) is 1. The summed E-state index contributed by atoms with van der Waals surface area (Å²) in [4.78, 5) is 4.31. The molecule has 4 nitrogen and oxygen atoms in total. The Morgan fingerprint density at radius 3 is 2.94 bits per heavy atom. The van der Waals surface area contributed by atoms with Gasteiger partial charge < -0.3 is 0 Å². The number of hydrogen-bond donors (Lipinski definition) is 0. The molecule has 16 heavy (non-hydrogen) atoms. The first-order chi connectivity index (χ1) is 7.46. The monoisotopic (exact) mass is 305 g/mol. The molecule has 1 aliphatic rings. The summed E-state index contributed by atoms with van der Waals surface area (Å²) in [6, 6.07) is 3.83. The number of pyridine rings is 1. The highest BCUT2D eigenvalue weighted by atomic mass is 79.9. The van der Waals surface area contributed by atoms with Crippen molar-refractivity contribution >= 4 is 26.0 Å². The highest BCUT2D eigenvalue weighted by Crippen LogP contribution is 2.32. The Kier molecular flexibility index (Phi) is 3.32. The molecule has 0 radical (unpaired) electrons. The first-order valence-corrected chi connectivity index (χ1v) is 7.60. The summed E-state index contributed by atoms with van der Waals surface area (Å²) in [5, 5.41) is 0. The van der Waals surface area contributed by atoms with Crippen molar-refractivity contribution in [1.29, 1.82) is 0 Å². The summed E-state index contributed by atoms with van der Waals surface area (Å²) >= 11 is 3.28. The Morgan fingerprint density at radius 2 is 2.25 bits per heavy atom. The second-order valence-electron chi connectivity index (χ2n) is 3.86. The second-order valence-corrected chi connectivity index (χ2v) is 6.27. The molecular formula is C10H12BrNO3S. The lowest BCUT2D eigenvalue weighted by molar-refractivity contribution is 0.187. The van der Waals surface area contributed by atoms with Crippen molar-refractivity contribution in [2.45, 2.75) is 25.4 Å². The summed E-state index contributed by atoms with van der Waals surface area (Å²) in [7, 11) is -3.43. The Morgan fingerprint density at radius 1 is 1.50 bits per heavy atom. The van der Waals surface area contributed by atoms with Crippen molar-refractivity contribution in [3.8, 4) is 0 Å². The topological polar surface area (TPSA) is 56.3 Å². The molecule has 0 bridgehead atoms. The van der Waals surface area contributed by atoms with Crippen molar-refractivity contribution in [2.75, 3.05) is 6.26 Å². The van der Waals surface area contributed by atoms with E-state index in [1.807, 2.05) is 12.1 Å². The molecule has 0 saturated heterocycles. The fraction of sp³-hybridized carbons (Fsp3) is 0.500. The van der Waals surface area contributed by atoms with Crippen molar-refractivity contribution in [1.82, 2.24) is 4.98 Å². The molecule has 1 aromatic heterocycles. The Hall–Kier alpha value is -0.460. The molecule has 0 aromatic carbocycles. The van der Waals surface area contributed by atoms with E-state index in [4.69, 9.17) is 4.18 Å². The molecule has 6 heteroatoms. The minimum absolute atomic E-state index is 0.434. The van der Waals surface area contributed by atoms with Gasteiger partial charge in [-0.05, 0) is 46.8 Å². The number of halogens is 1. The van der Waals surface area contributed by atoms with E-state index in [9.17, 15) is 8.42 Å². The van der Waals surface area contributed by atoms with E-state index >= 15 is 0 Å². The zero-order chi connectivity index (χ0) is 11.8. The summed E-state index contributed by atoms with van der Waals surface area (Å²) in [6.45, 7) is 0. The average molecular weight is 306 g/mol. The third-order valence-electron chi connectivity index (χ3n) is 2.49. The predicted octanol–water partition coefficient (Wildman–Crippen LogP) is 2.20. The standard InChI is InChI=1S/C10H12BrNO3S/c1-16(13,14)15-8-4-2-3-7-5-6-9(11)12-10(7)8/h5-6,8H,2-4H2,1H3. The van der Waals surface area contributed by atoms with E-state index in [0.717, 1.165) is 30.4 Å². The van der Waals surface area contributed by atoms with Crippen LogP contribution in [-0.4, -0.2) is 19.7 Å². The normalized spacial score (nSPS) is 20.5. The van der Waals surface area contributed by atoms with Crippen LogP contribution in [0.1, 0.15) is 30.2 Å². The minimum atomic E-state index is -3.43. The lowest BCUT2D eigenvalue weighted by Gasteiger charge is -2.23. The maximum Gasteiger partial charge on any atom is 0.265 e. The smallest absolute Gasteiger partial charge is 0.260 e. The quantitative estimate of drug-likeness (QED) is 0.621. The average Bonchev–Trinajstić information content (AvgIpc) is 2.17. The summed E-state index contributed by atoms with van der Waals surface area (Å²) < 4.78 is 28.0. The van der Waals surface area contributed by atoms with Gasteiger partial charge in [-0.15, -0.1) is 0 Å². The molecule has 0 aliphatic heterocycles.